The molecule has 0 aromatic rings. The SMILES string of the molecule is I.O=C[C@@H](O)[C@H](O)[C@@H](O)[C@@H](O)CO. The molecule has 0 aliphatic rings. The number of rotatable bonds is 5. The van der Waals surface area contributed by atoms with Gasteiger partial charge in [-0.05, 0) is 0 Å². The highest BCUT2D eigenvalue weighted by Crippen LogP contribution is 2.02. The minimum absolute atomic E-state index is 0. The lowest BCUT2D eigenvalue weighted by Gasteiger charge is -2.22. The van der Waals surface area contributed by atoms with Crippen LogP contribution in [0.1, 0.15) is 0 Å². The van der Waals surface area contributed by atoms with Crippen molar-refractivity contribution < 1.29 is 30.3 Å². The number of hydrogen-bond donors (Lipinski definition) is 5. The summed E-state index contributed by atoms with van der Waals surface area (Å²) in [6.07, 6.45) is -6.84. The molecule has 0 aliphatic heterocycles. The number of aliphatic hydroxyl groups is 5. The number of carbonyl (C=O) groups excluding carboxylic acids is 1. The monoisotopic (exact) mass is 308 g/mol. The normalized spacial score (nSPS) is 19.5. The second-order valence-electron chi connectivity index (χ2n) is 2.36. The van der Waals surface area contributed by atoms with Gasteiger partial charge in [0.15, 0.2) is 6.29 Å². The van der Waals surface area contributed by atoms with Gasteiger partial charge in [-0.3, -0.25) is 0 Å². The predicted molar refractivity (Wildman–Crippen MR) is 52.6 cm³/mol. The Morgan fingerprint density at radius 2 is 1.54 bits per heavy atom. The molecule has 0 aromatic carbocycles. The van der Waals surface area contributed by atoms with Gasteiger partial charge in [0.05, 0.1) is 6.61 Å². The second-order valence-corrected chi connectivity index (χ2v) is 2.36. The van der Waals surface area contributed by atoms with Crippen molar-refractivity contribution in [2.45, 2.75) is 24.4 Å². The van der Waals surface area contributed by atoms with E-state index in [9.17, 15) is 4.79 Å². The summed E-state index contributed by atoms with van der Waals surface area (Å²) in [7, 11) is 0. The van der Waals surface area contributed by atoms with Crippen LogP contribution >= 0.6 is 24.0 Å². The van der Waals surface area contributed by atoms with Crippen LogP contribution in [0.25, 0.3) is 0 Å². The topological polar surface area (TPSA) is 118 Å². The fourth-order valence-corrected chi connectivity index (χ4v) is 0.618. The molecule has 0 fully saturated rings. The highest BCUT2D eigenvalue weighted by Gasteiger charge is 2.29. The second kappa shape index (κ2) is 7.59. The van der Waals surface area contributed by atoms with Gasteiger partial charge in [-0.15, -0.1) is 24.0 Å². The average Bonchev–Trinajstić information content (AvgIpc) is 2.12. The number of hydrogen-bond acceptors (Lipinski definition) is 6. The Bertz CT molecular complexity index is 143. The molecule has 0 amide bonds. The van der Waals surface area contributed by atoms with Crippen LogP contribution in [-0.4, -0.2) is 62.8 Å². The minimum Gasteiger partial charge on any atom is -0.394 e. The molecule has 0 bridgehead atoms. The van der Waals surface area contributed by atoms with E-state index >= 15 is 0 Å². The maximum absolute atomic E-state index is 9.90. The fourth-order valence-electron chi connectivity index (χ4n) is 0.618. The molecular formula is C6H13IO6. The molecule has 0 aliphatic carbocycles. The van der Waals surface area contributed by atoms with Crippen molar-refractivity contribution in [2.24, 2.45) is 0 Å². The third-order valence-corrected chi connectivity index (χ3v) is 1.42. The van der Waals surface area contributed by atoms with Gasteiger partial charge in [0.1, 0.15) is 24.4 Å². The van der Waals surface area contributed by atoms with E-state index in [0.29, 0.717) is 0 Å². The van der Waals surface area contributed by atoms with Crippen molar-refractivity contribution in [3.05, 3.63) is 0 Å². The van der Waals surface area contributed by atoms with E-state index in [0.717, 1.165) is 0 Å². The Morgan fingerprint density at radius 3 is 1.85 bits per heavy atom. The summed E-state index contributed by atoms with van der Waals surface area (Å²) >= 11 is 0. The molecule has 5 N–H and O–H groups in total. The van der Waals surface area contributed by atoms with Crippen molar-refractivity contribution in [1.82, 2.24) is 0 Å². The van der Waals surface area contributed by atoms with E-state index in [2.05, 4.69) is 0 Å². The number of carbonyl (C=O) groups is 1. The summed E-state index contributed by atoms with van der Waals surface area (Å²) in [5, 5.41) is 43.5. The largest absolute Gasteiger partial charge is 0.394 e. The van der Waals surface area contributed by atoms with Crippen LogP contribution in [0.15, 0.2) is 0 Å². The van der Waals surface area contributed by atoms with Gasteiger partial charge < -0.3 is 30.3 Å². The molecule has 6 nitrogen and oxygen atoms in total. The van der Waals surface area contributed by atoms with E-state index in [4.69, 9.17) is 25.5 Å². The average molecular weight is 308 g/mol. The third-order valence-electron chi connectivity index (χ3n) is 1.42. The van der Waals surface area contributed by atoms with E-state index in [1.54, 1.807) is 0 Å². The van der Waals surface area contributed by atoms with Crippen molar-refractivity contribution in [2.75, 3.05) is 6.61 Å². The molecule has 0 spiro atoms. The molecule has 0 saturated heterocycles. The lowest BCUT2D eigenvalue weighted by atomic mass is 10.0. The molecule has 0 unspecified atom stereocenters. The maximum atomic E-state index is 9.90. The zero-order valence-electron chi connectivity index (χ0n) is 6.65. The van der Waals surface area contributed by atoms with E-state index in [-0.39, 0.29) is 30.3 Å². The summed E-state index contributed by atoms with van der Waals surface area (Å²) in [4.78, 5) is 9.90. The van der Waals surface area contributed by atoms with Crippen molar-refractivity contribution in [3.8, 4) is 0 Å². The lowest BCUT2D eigenvalue weighted by molar-refractivity contribution is -0.136. The molecule has 13 heavy (non-hydrogen) atoms. The molecule has 0 aromatic heterocycles. The summed E-state index contributed by atoms with van der Waals surface area (Å²) in [5.74, 6) is 0. The Labute approximate surface area is 91.8 Å². The summed E-state index contributed by atoms with van der Waals surface area (Å²) in [5.41, 5.74) is 0. The first-order valence-corrected chi connectivity index (χ1v) is 3.33. The molecule has 7 heteroatoms. The standard InChI is InChI=1S/C6H12O6.HI/c7-1-3(9)5(11)6(12)4(10)2-8;/h1,3-6,8-12H,2H2;1H/t3-,4+,5+,6+;/m1./s1. The smallest absolute Gasteiger partial charge is 0.151 e. The van der Waals surface area contributed by atoms with Gasteiger partial charge in [-0.2, -0.15) is 0 Å². The van der Waals surface area contributed by atoms with Crippen LogP contribution in [0, 0.1) is 0 Å². The van der Waals surface area contributed by atoms with Gasteiger partial charge in [0, 0.05) is 0 Å². The van der Waals surface area contributed by atoms with Crippen LogP contribution in [0.5, 0.6) is 0 Å². The minimum atomic E-state index is -1.79. The van der Waals surface area contributed by atoms with Crippen molar-refractivity contribution in [3.63, 3.8) is 0 Å². The number of aldehydes is 1. The number of aliphatic hydroxyl groups excluding tert-OH is 5. The molecule has 0 heterocycles. The fraction of sp³-hybridized carbons (Fsp3) is 0.833. The van der Waals surface area contributed by atoms with Gasteiger partial charge in [0.25, 0.3) is 0 Å². The quantitative estimate of drug-likeness (QED) is 0.277. The van der Waals surface area contributed by atoms with Gasteiger partial charge >= 0.3 is 0 Å². The molecule has 0 saturated carbocycles. The Balaban J connectivity index is 0. The molecular weight excluding hydrogens is 295 g/mol. The van der Waals surface area contributed by atoms with E-state index in [1.807, 2.05) is 0 Å². The first kappa shape index (κ1) is 15.7. The Kier molecular flexibility index (Phi) is 9.14. The Hall–Kier alpha value is 0.200. The van der Waals surface area contributed by atoms with Crippen LogP contribution < -0.4 is 0 Å². The van der Waals surface area contributed by atoms with Crippen LogP contribution in [0.3, 0.4) is 0 Å². The van der Waals surface area contributed by atoms with Gasteiger partial charge in [0.2, 0.25) is 0 Å². The maximum Gasteiger partial charge on any atom is 0.151 e. The zero-order valence-corrected chi connectivity index (χ0v) is 8.98. The third kappa shape index (κ3) is 4.84. The van der Waals surface area contributed by atoms with Crippen molar-refractivity contribution in [1.29, 1.82) is 0 Å². The summed E-state index contributed by atoms with van der Waals surface area (Å²) in [6.45, 7) is -0.760. The first-order valence-electron chi connectivity index (χ1n) is 3.33. The summed E-state index contributed by atoms with van der Waals surface area (Å²) in [6, 6.07) is 0. The molecule has 4 atom stereocenters. The first-order chi connectivity index (χ1) is 5.54. The van der Waals surface area contributed by atoms with Crippen LogP contribution in [0.4, 0.5) is 0 Å². The lowest BCUT2D eigenvalue weighted by Crippen LogP contribution is -2.46. The molecule has 0 radical (unpaired) electrons. The van der Waals surface area contributed by atoms with Gasteiger partial charge in [-0.1, -0.05) is 0 Å². The number of halogens is 1. The van der Waals surface area contributed by atoms with E-state index in [1.165, 1.54) is 0 Å². The highest BCUT2D eigenvalue weighted by atomic mass is 127. The zero-order chi connectivity index (χ0) is 9.72. The van der Waals surface area contributed by atoms with Crippen molar-refractivity contribution >= 4 is 30.3 Å². The van der Waals surface area contributed by atoms with Crippen LogP contribution in [0.2, 0.25) is 0 Å². The predicted octanol–water partition coefficient (Wildman–Crippen LogP) is -2.76. The van der Waals surface area contributed by atoms with E-state index < -0.39 is 31.0 Å². The molecule has 0 rings (SSSR count). The summed E-state index contributed by atoms with van der Waals surface area (Å²) < 4.78 is 0. The highest BCUT2D eigenvalue weighted by molar-refractivity contribution is 14.0. The van der Waals surface area contributed by atoms with Crippen LogP contribution in [-0.2, 0) is 4.79 Å². The van der Waals surface area contributed by atoms with Gasteiger partial charge in [-0.25, -0.2) is 0 Å². The Morgan fingerprint density at radius 1 is 1.08 bits per heavy atom. The molecule has 80 valence electrons.